The van der Waals surface area contributed by atoms with Gasteiger partial charge in [-0.2, -0.15) is 0 Å². The number of carbonyl (C=O) groups excluding carboxylic acids is 1. The smallest absolute Gasteiger partial charge is 0.251 e. The first-order chi connectivity index (χ1) is 8.16. The maximum Gasteiger partial charge on any atom is 0.251 e. The lowest BCUT2D eigenvalue weighted by Crippen LogP contribution is -2.42. The largest absolute Gasteiger partial charge is 0.508 e. The molecule has 0 aromatic heterocycles. The third-order valence-corrected chi connectivity index (χ3v) is 4.20. The molecule has 4 heteroatoms. The topological polar surface area (TPSA) is 49.3 Å². The molecule has 1 aromatic rings. The zero-order valence-corrected chi connectivity index (χ0v) is 11.1. The summed E-state index contributed by atoms with van der Waals surface area (Å²) in [6.45, 7) is 0. The first kappa shape index (κ1) is 12.4. The van der Waals surface area contributed by atoms with Gasteiger partial charge in [0.25, 0.3) is 5.91 Å². The molecule has 0 heterocycles. The van der Waals surface area contributed by atoms with E-state index < -0.39 is 0 Å². The molecule has 1 aliphatic carbocycles. The average molecular weight is 298 g/mol. The molecule has 0 saturated heterocycles. The predicted molar refractivity (Wildman–Crippen MR) is 70.5 cm³/mol. The number of halogens is 1. The Bertz CT molecular complexity index is 408. The van der Waals surface area contributed by atoms with Crippen LogP contribution < -0.4 is 5.32 Å². The summed E-state index contributed by atoms with van der Waals surface area (Å²) in [6.07, 6.45) is 4.49. The molecule has 2 unspecified atom stereocenters. The number of phenolic OH excluding ortho intramolecular Hbond substituents is 1. The van der Waals surface area contributed by atoms with Crippen molar-refractivity contribution in [2.24, 2.45) is 0 Å². The highest BCUT2D eigenvalue weighted by atomic mass is 79.9. The molecular formula is C13H16BrNO2. The van der Waals surface area contributed by atoms with Crippen LogP contribution in [-0.2, 0) is 0 Å². The minimum absolute atomic E-state index is 0.114. The molecular weight excluding hydrogens is 282 g/mol. The summed E-state index contributed by atoms with van der Waals surface area (Å²) in [5.74, 6) is 0.00827. The summed E-state index contributed by atoms with van der Waals surface area (Å²) in [6, 6.07) is 6.63. The van der Waals surface area contributed by atoms with E-state index in [9.17, 15) is 9.90 Å². The van der Waals surface area contributed by atoms with Gasteiger partial charge in [-0.3, -0.25) is 4.79 Å². The van der Waals surface area contributed by atoms with Crippen LogP contribution >= 0.6 is 15.9 Å². The molecule has 1 amide bonds. The molecule has 0 spiro atoms. The molecule has 0 bridgehead atoms. The second-order valence-electron chi connectivity index (χ2n) is 4.43. The monoisotopic (exact) mass is 297 g/mol. The van der Waals surface area contributed by atoms with Crippen molar-refractivity contribution in [1.82, 2.24) is 5.32 Å². The fraction of sp³-hybridized carbons (Fsp3) is 0.462. The van der Waals surface area contributed by atoms with Crippen molar-refractivity contribution in [1.29, 1.82) is 0 Å². The van der Waals surface area contributed by atoms with Crippen LogP contribution in [0.3, 0.4) is 0 Å². The van der Waals surface area contributed by atoms with Crippen LogP contribution in [0.15, 0.2) is 24.3 Å². The van der Waals surface area contributed by atoms with E-state index in [1.807, 2.05) is 0 Å². The Morgan fingerprint density at radius 1 is 1.35 bits per heavy atom. The molecule has 92 valence electrons. The number of nitrogens with one attached hydrogen (secondary N) is 1. The summed E-state index contributed by atoms with van der Waals surface area (Å²) in [5, 5.41) is 12.3. The second kappa shape index (κ2) is 5.54. The van der Waals surface area contributed by atoms with Gasteiger partial charge in [-0.1, -0.05) is 34.8 Å². The Morgan fingerprint density at radius 3 is 2.82 bits per heavy atom. The average Bonchev–Trinajstić information content (AvgIpc) is 2.32. The molecule has 1 aliphatic rings. The van der Waals surface area contributed by atoms with Crippen molar-refractivity contribution >= 4 is 21.8 Å². The molecule has 1 fully saturated rings. The van der Waals surface area contributed by atoms with Gasteiger partial charge < -0.3 is 10.4 Å². The Kier molecular flexibility index (Phi) is 4.05. The van der Waals surface area contributed by atoms with Crippen molar-refractivity contribution in [3.05, 3.63) is 29.8 Å². The van der Waals surface area contributed by atoms with Gasteiger partial charge in [-0.25, -0.2) is 0 Å². The lowest BCUT2D eigenvalue weighted by molar-refractivity contribution is 0.0929. The normalized spacial score (nSPS) is 24.3. The van der Waals surface area contributed by atoms with Crippen molar-refractivity contribution in [3.8, 4) is 5.75 Å². The van der Waals surface area contributed by atoms with Crippen molar-refractivity contribution in [2.45, 2.75) is 36.6 Å². The molecule has 1 saturated carbocycles. The van der Waals surface area contributed by atoms with Gasteiger partial charge in [0.1, 0.15) is 5.75 Å². The van der Waals surface area contributed by atoms with E-state index in [2.05, 4.69) is 21.2 Å². The molecule has 2 N–H and O–H groups in total. The molecule has 2 atom stereocenters. The molecule has 2 rings (SSSR count). The lowest BCUT2D eigenvalue weighted by atomic mass is 9.95. The number of hydrogen-bond acceptors (Lipinski definition) is 2. The van der Waals surface area contributed by atoms with Gasteiger partial charge in [0, 0.05) is 16.4 Å². The van der Waals surface area contributed by atoms with Gasteiger partial charge in [-0.15, -0.1) is 0 Å². The standard InChI is InChI=1S/C13H16BrNO2/c14-11-6-1-2-7-12(11)15-13(17)9-4-3-5-10(16)8-9/h3-5,8,11-12,16H,1-2,6-7H2,(H,15,17). The summed E-state index contributed by atoms with van der Waals surface area (Å²) in [5.41, 5.74) is 0.510. The molecule has 0 aliphatic heterocycles. The van der Waals surface area contributed by atoms with Crippen molar-refractivity contribution in [2.75, 3.05) is 0 Å². The summed E-state index contributed by atoms with van der Waals surface area (Å²) in [4.78, 5) is 12.3. The van der Waals surface area contributed by atoms with E-state index in [1.54, 1.807) is 18.2 Å². The predicted octanol–water partition coefficient (Wildman–Crippen LogP) is 2.83. The maximum atomic E-state index is 12.0. The van der Waals surface area contributed by atoms with Crippen molar-refractivity contribution < 1.29 is 9.90 Å². The second-order valence-corrected chi connectivity index (χ2v) is 5.61. The first-order valence-electron chi connectivity index (χ1n) is 5.91. The van der Waals surface area contributed by atoms with Crippen LogP contribution in [0.1, 0.15) is 36.0 Å². The van der Waals surface area contributed by atoms with E-state index in [1.165, 1.54) is 12.5 Å². The van der Waals surface area contributed by atoms with Crippen molar-refractivity contribution in [3.63, 3.8) is 0 Å². The van der Waals surface area contributed by atoms with Gasteiger partial charge in [-0.05, 0) is 31.0 Å². The zero-order chi connectivity index (χ0) is 12.3. The van der Waals surface area contributed by atoms with Gasteiger partial charge in [0.05, 0.1) is 0 Å². The van der Waals surface area contributed by atoms with Crippen LogP contribution in [0.2, 0.25) is 0 Å². The number of benzene rings is 1. The Hall–Kier alpha value is -1.03. The van der Waals surface area contributed by atoms with E-state index >= 15 is 0 Å². The van der Waals surface area contributed by atoms with E-state index in [4.69, 9.17) is 0 Å². The Labute approximate surface area is 109 Å². The fourth-order valence-corrected chi connectivity index (χ4v) is 2.87. The fourth-order valence-electron chi connectivity index (χ4n) is 2.15. The van der Waals surface area contributed by atoms with Crippen LogP contribution in [-0.4, -0.2) is 21.9 Å². The third-order valence-electron chi connectivity index (χ3n) is 3.11. The number of carbonyl (C=O) groups is 1. The van der Waals surface area contributed by atoms with E-state index in [0.717, 1.165) is 19.3 Å². The van der Waals surface area contributed by atoms with E-state index in [0.29, 0.717) is 10.4 Å². The third kappa shape index (κ3) is 3.22. The Balaban J connectivity index is 2.01. The number of rotatable bonds is 2. The number of amides is 1. The number of phenols is 1. The Morgan fingerprint density at radius 2 is 2.12 bits per heavy atom. The molecule has 3 nitrogen and oxygen atoms in total. The van der Waals surface area contributed by atoms with E-state index in [-0.39, 0.29) is 17.7 Å². The number of hydrogen-bond donors (Lipinski definition) is 2. The number of alkyl halides is 1. The molecule has 1 aromatic carbocycles. The van der Waals surface area contributed by atoms with Crippen LogP contribution in [0.5, 0.6) is 5.75 Å². The summed E-state index contributed by atoms with van der Waals surface area (Å²) < 4.78 is 0. The zero-order valence-electron chi connectivity index (χ0n) is 9.53. The minimum Gasteiger partial charge on any atom is -0.508 e. The van der Waals surface area contributed by atoms with Crippen LogP contribution in [0.4, 0.5) is 0 Å². The highest BCUT2D eigenvalue weighted by molar-refractivity contribution is 9.09. The molecule has 17 heavy (non-hydrogen) atoms. The van der Waals surface area contributed by atoms with Gasteiger partial charge in [0.2, 0.25) is 0 Å². The number of aromatic hydroxyl groups is 1. The van der Waals surface area contributed by atoms with Gasteiger partial charge >= 0.3 is 0 Å². The van der Waals surface area contributed by atoms with Crippen LogP contribution in [0.25, 0.3) is 0 Å². The highest BCUT2D eigenvalue weighted by Crippen LogP contribution is 2.24. The molecule has 0 radical (unpaired) electrons. The minimum atomic E-state index is -0.114. The maximum absolute atomic E-state index is 12.0. The summed E-state index contributed by atoms with van der Waals surface area (Å²) in [7, 11) is 0. The lowest BCUT2D eigenvalue weighted by Gasteiger charge is -2.28. The highest BCUT2D eigenvalue weighted by Gasteiger charge is 2.24. The quantitative estimate of drug-likeness (QED) is 0.825. The first-order valence-corrected chi connectivity index (χ1v) is 6.82. The van der Waals surface area contributed by atoms with Crippen LogP contribution in [0, 0.1) is 0 Å². The van der Waals surface area contributed by atoms with Gasteiger partial charge in [0.15, 0.2) is 0 Å². The SMILES string of the molecule is O=C(NC1CCCCC1Br)c1cccc(O)c1. The summed E-state index contributed by atoms with van der Waals surface area (Å²) >= 11 is 3.61.